The minimum absolute atomic E-state index is 0.314. The molecular formula is C10H17ClN2. The van der Waals surface area contributed by atoms with E-state index in [1.807, 2.05) is 24.9 Å². The number of hydrogen-bond acceptors (Lipinski definition) is 1. The highest BCUT2D eigenvalue weighted by molar-refractivity contribution is 6.20. The summed E-state index contributed by atoms with van der Waals surface area (Å²) in [7, 11) is 1.95. The number of alkyl halides is 1. The molecule has 2 nitrogen and oxygen atoms in total. The minimum atomic E-state index is 0.314. The molecule has 0 N–H and O–H groups in total. The average Bonchev–Trinajstić information content (AvgIpc) is 2.45. The van der Waals surface area contributed by atoms with Crippen molar-refractivity contribution in [2.24, 2.45) is 7.05 Å². The predicted octanol–water partition coefficient (Wildman–Crippen LogP) is 2.76. The largest absolute Gasteiger partial charge is 0.276 e. The van der Waals surface area contributed by atoms with Crippen LogP contribution in [0.15, 0.2) is 12.4 Å². The van der Waals surface area contributed by atoms with Crippen molar-refractivity contribution in [1.82, 2.24) is 9.78 Å². The summed E-state index contributed by atoms with van der Waals surface area (Å²) in [5.41, 5.74) is 1.32. The van der Waals surface area contributed by atoms with Crippen molar-refractivity contribution in [3.63, 3.8) is 0 Å². The van der Waals surface area contributed by atoms with Gasteiger partial charge in [-0.25, -0.2) is 0 Å². The highest BCUT2D eigenvalue weighted by Crippen LogP contribution is 2.09. The van der Waals surface area contributed by atoms with E-state index in [9.17, 15) is 0 Å². The molecule has 0 radical (unpaired) electrons. The van der Waals surface area contributed by atoms with Gasteiger partial charge < -0.3 is 0 Å². The van der Waals surface area contributed by atoms with Crippen LogP contribution in [0.5, 0.6) is 0 Å². The van der Waals surface area contributed by atoms with Crippen LogP contribution in [0.25, 0.3) is 0 Å². The van der Waals surface area contributed by atoms with Crippen molar-refractivity contribution in [1.29, 1.82) is 0 Å². The summed E-state index contributed by atoms with van der Waals surface area (Å²) >= 11 is 5.85. The molecule has 0 fully saturated rings. The number of halogens is 1. The zero-order chi connectivity index (χ0) is 9.68. The lowest BCUT2D eigenvalue weighted by atomic mass is 10.1. The molecule has 0 aliphatic rings. The fraction of sp³-hybridized carbons (Fsp3) is 0.700. The Hall–Kier alpha value is -0.500. The van der Waals surface area contributed by atoms with Gasteiger partial charge in [-0.2, -0.15) is 5.10 Å². The highest BCUT2D eigenvalue weighted by Gasteiger charge is 1.98. The van der Waals surface area contributed by atoms with Crippen molar-refractivity contribution in [2.75, 3.05) is 0 Å². The lowest BCUT2D eigenvalue weighted by Gasteiger charge is -2.00. The van der Waals surface area contributed by atoms with Crippen LogP contribution < -0.4 is 0 Å². The van der Waals surface area contributed by atoms with E-state index in [-0.39, 0.29) is 0 Å². The fourth-order valence-corrected chi connectivity index (χ4v) is 1.51. The van der Waals surface area contributed by atoms with Crippen LogP contribution in [0.4, 0.5) is 0 Å². The lowest BCUT2D eigenvalue weighted by Crippen LogP contribution is -1.91. The molecule has 1 atom stereocenters. The predicted molar refractivity (Wildman–Crippen MR) is 56.1 cm³/mol. The van der Waals surface area contributed by atoms with E-state index in [4.69, 9.17) is 11.6 Å². The van der Waals surface area contributed by atoms with E-state index in [1.165, 1.54) is 18.4 Å². The second-order valence-corrected chi connectivity index (χ2v) is 4.29. The average molecular weight is 201 g/mol. The number of aromatic nitrogens is 2. The molecule has 0 aliphatic heterocycles. The van der Waals surface area contributed by atoms with E-state index in [1.54, 1.807) is 0 Å². The summed E-state index contributed by atoms with van der Waals surface area (Å²) in [5.74, 6) is 0. The number of aryl methyl sites for hydroxylation is 2. The van der Waals surface area contributed by atoms with Gasteiger partial charge in [-0.3, -0.25) is 4.68 Å². The number of hydrogen-bond donors (Lipinski definition) is 0. The SMILES string of the molecule is CC(Cl)CCCCc1cnn(C)c1. The van der Waals surface area contributed by atoms with Crippen LogP contribution in [0.1, 0.15) is 31.7 Å². The summed E-state index contributed by atoms with van der Waals surface area (Å²) in [6.07, 6.45) is 8.66. The van der Waals surface area contributed by atoms with Gasteiger partial charge in [0.1, 0.15) is 0 Å². The molecule has 74 valence electrons. The molecule has 0 saturated heterocycles. The number of nitrogens with zero attached hydrogens (tertiary/aromatic N) is 2. The second kappa shape index (κ2) is 5.28. The quantitative estimate of drug-likeness (QED) is 0.528. The third kappa shape index (κ3) is 4.32. The van der Waals surface area contributed by atoms with Crippen molar-refractivity contribution in [2.45, 2.75) is 38.0 Å². The van der Waals surface area contributed by atoms with Crippen LogP contribution in [-0.4, -0.2) is 15.2 Å². The molecule has 0 spiro atoms. The van der Waals surface area contributed by atoms with Crippen molar-refractivity contribution < 1.29 is 0 Å². The molecule has 3 heteroatoms. The summed E-state index contributed by atoms with van der Waals surface area (Å²) in [6, 6.07) is 0. The standard InChI is InChI=1S/C10H17ClN2/c1-9(11)5-3-4-6-10-7-12-13(2)8-10/h7-9H,3-6H2,1-2H3. The van der Waals surface area contributed by atoms with Gasteiger partial charge in [0.2, 0.25) is 0 Å². The molecule has 0 saturated carbocycles. The maximum absolute atomic E-state index is 5.85. The molecule has 0 aliphatic carbocycles. The molecular weight excluding hydrogens is 184 g/mol. The van der Waals surface area contributed by atoms with Gasteiger partial charge in [0.25, 0.3) is 0 Å². The van der Waals surface area contributed by atoms with Gasteiger partial charge in [0.05, 0.1) is 6.20 Å². The van der Waals surface area contributed by atoms with Gasteiger partial charge in [-0.05, 0) is 31.7 Å². The van der Waals surface area contributed by atoms with Crippen LogP contribution in [0.3, 0.4) is 0 Å². The first-order valence-corrected chi connectivity index (χ1v) is 5.23. The van der Waals surface area contributed by atoms with Gasteiger partial charge in [-0.15, -0.1) is 11.6 Å². The van der Waals surface area contributed by atoms with Crippen LogP contribution in [0, 0.1) is 0 Å². The molecule has 1 heterocycles. The Morgan fingerprint density at radius 1 is 1.54 bits per heavy atom. The molecule has 1 unspecified atom stereocenters. The Bertz CT molecular complexity index is 243. The monoisotopic (exact) mass is 200 g/mol. The topological polar surface area (TPSA) is 17.8 Å². The molecule has 0 bridgehead atoms. The maximum Gasteiger partial charge on any atom is 0.0521 e. The van der Waals surface area contributed by atoms with E-state index in [2.05, 4.69) is 11.3 Å². The Morgan fingerprint density at radius 3 is 2.85 bits per heavy atom. The van der Waals surface area contributed by atoms with E-state index in [0.717, 1.165) is 12.8 Å². The van der Waals surface area contributed by atoms with Crippen LogP contribution in [0.2, 0.25) is 0 Å². The smallest absolute Gasteiger partial charge is 0.0521 e. The van der Waals surface area contributed by atoms with E-state index < -0.39 is 0 Å². The van der Waals surface area contributed by atoms with Gasteiger partial charge in [0, 0.05) is 18.6 Å². The Morgan fingerprint density at radius 2 is 2.31 bits per heavy atom. The van der Waals surface area contributed by atoms with Crippen molar-refractivity contribution in [3.8, 4) is 0 Å². The first-order valence-electron chi connectivity index (χ1n) is 4.80. The van der Waals surface area contributed by atoms with Crippen LogP contribution in [-0.2, 0) is 13.5 Å². The molecule has 1 aromatic rings. The third-order valence-electron chi connectivity index (χ3n) is 2.08. The fourth-order valence-electron chi connectivity index (χ4n) is 1.36. The summed E-state index contributed by atoms with van der Waals surface area (Å²) in [4.78, 5) is 0. The summed E-state index contributed by atoms with van der Waals surface area (Å²) in [6.45, 7) is 2.05. The summed E-state index contributed by atoms with van der Waals surface area (Å²) in [5, 5.41) is 4.43. The summed E-state index contributed by atoms with van der Waals surface area (Å²) < 4.78 is 1.85. The third-order valence-corrected chi connectivity index (χ3v) is 2.29. The maximum atomic E-state index is 5.85. The Kier molecular flexibility index (Phi) is 4.29. The van der Waals surface area contributed by atoms with Crippen LogP contribution >= 0.6 is 11.6 Å². The molecule has 1 rings (SSSR count). The number of rotatable bonds is 5. The normalized spacial score (nSPS) is 13.2. The number of unbranched alkanes of at least 4 members (excludes halogenated alkanes) is 1. The van der Waals surface area contributed by atoms with E-state index in [0.29, 0.717) is 5.38 Å². The first kappa shape index (κ1) is 10.6. The van der Waals surface area contributed by atoms with Crippen molar-refractivity contribution in [3.05, 3.63) is 18.0 Å². The molecule has 0 aromatic carbocycles. The molecule has 1 aromatic heterocycles. The zero-order valence-corrected chi connectivity index (χ0v) is 9.09. The Balaban J connectivity index is 2.13. The van der Waals surface area contributed by atoms with Crippen molar-refractivity contribution >= 4 is 11.6 Å². The van der Waals surface area contributed by atoms with Gasteiger partial charge >= 0.3 is 0 Å². The second-order valence-electron chi connectivity index (χ2n) is 3.55. The first-order chi connectivity index (χ1) is 6.18. The van der Waals surface area contributed by atoms with Gasteiger partial charge in [-0.1, -0.05) is 6.42 Å². The highest BCUT2D eigenvalue weighted by atomic mass is 35.5. The Labute approximate surface area is 84.9 Å². The zero-order valence-electron chi connectivity index (χ0n) is 8.33. The molecule has 13 heavy (non-hydrogen) atoms. The van der Waals surface area contributed by atoms with Gasteiger partial charge in [0.15, 0.2) is 0 Å². The lowest BCUT2D eigenvalue weighted by molar-refractivity contribution is 0.671. The minimum Gasteiger partial charge on any atom is -0.276 e. The molecule has 0 amide bonds. The van der Waals surface area contributed by atoms with E-state index >= 15 is 0 Å².